The minimum absolute atomic E-state index is 0.136. The van der Waals surface area contributed by atoms with Crippen LogP contribution >= 0.6 is 11.8 Å². The lowest BCUT2D eigenvalue weighted by Crippen LogP contribution is -2.28. The fourth-order valence-corrected chi connectivity index (χ4v) is 11.8. The summed E-state index contributed by atoms with van der Waals surface area (Å²) in [5, 5.41) is 5.32. The quantitative estimate of drug-likeness (QED) is 0.120. The number of anilines is 1. The molecule has 0 atom stereocenters. The van der Waals surface area contributed by atoms with Gasteiger partial charge in [0.2, 0.25) is 5.69 Å². The van der Waals surface area contributed by atoms with Crippen LogP contribution in [0.1, 0.15) is 73.9 Å². The van der Waals surface area contributed by atoms with Crippen molar-refractivity contribution in [1.82, 2.24) is 0 Å². The summed E-state index contributed by atoms with van der Waals surface area (Å²) in [6.07, 6.45) is 13.8. The Kier molecular flexibility index (Phi) is 11.2. The fourth-order valence-electron chi connectivity index (χ4n) is 10.7. The van der Waals surface area contributed by atoms with Crippen molar-refractivity contribution in [3.8, 4) is 0 Å². The molecule has 2 aliphatic heterocycles. The molecule has 0 saturated heterocycles. The van der Waals surface area contributed by atoms with Crippen LogP contribution in [0.15, 0.2) is 203 Å². The molecule has 0 saturated carbocycles. The molecule has 7 aromatic rings. The van der Waals surface area contributed by atoms with E-state index in [2.05, 4.69) is 227 Å². The molecule has 3 heteroatoms. The number of fused-ring (bicyclic) bond motifs is 4. The summed E-state index contributed by atoms with van der Waals surface area (Å²) < 4.78 is 2.61. The molecule has 2 nitrogen and oxygen atoms in total. The highest BCUT2D eigenvalue weighted by molar-refractivity contribution is 8.03. The number of nitrogens with zero attached hydrogens (tertiary/aromatic N) is 2. The second-order valence-corrected chi connectivity index (χ2v) is 20.2. The van der Waals surface area contributed by atoms with Gasteiger partial charge in [-0.25, -0.2) is 0 Å². The number of benzene rings is 7. The predicted octanol–water partition coefficient (Wildman–Crippen LogP) is 15.5. The van der Waals surface area contributed by atoms with Crippen LogP contribution in [0, 0.1) is 13.8 Å². The van der Waals surface area contributed by atoms with Crippen molar-refractivity contribution in [3.05, 3.63) is 231 Å². The maximum absolute atomic E-state index is 2.61. The van der Waals surface area contributed by atoms with Crippen LogP contribution in [0.4, 0.5) is 11.4 Å². The summed E-state index contributed by atoms with van der Waals surface area (Å²) in [6, 6.07) is 56.2. The Morgan fingerprint density at radius 1 is 0.594 bits per heavy atom. The average molecular weight is 852 g/mol. The van der Waals surface area contributed by atoms with E-state index in [1.807, 2.05) is 11.8 Å². The largest absolute Gasteiger partial charge is 0.344 e. The standard InChI is InChI=1S/C61H59N2S/c1-42-26-32-55-53(40-42)60(3,4)57(62(55)38-36-46-20-14-18-44-16-10-12-24-51(44)46)34-30-48-28-29-49(59(48)64-50-22-8-7-9-23-50)31-35-58-61(5,6)54-41-43(2)27-33-56(54)63(58)39-37-47-21-15-19-45-17-11-13-25-52(45)47/h7-27,30-35,40-41H,28-29,36-39H2,1-6H3/q+1. The van der Waals surface area contributed by atoms with Gasteiger partial charge in [-0.2, -0.15) is 4.58 Å². The first-order chi connectivity index (χ1) is 31.1. The minimum atomic E-state index is -0.136. The summed E-state index contributed by atoms with van der Waals surface area (Å²) in [4.78, 5) is 5.28. The second kappa shape index (κ2) is 17.1. The summed E-state index contributed by atoms with van der Waals surface area (Å²) in [6.45, 7) is 15.9. The van der Waals surface area contributed by atoms with Crippen molar-refractivity contribution in [2.24, 2.45) is 0 Å². The van der Waals surface area contributed by atoms with E-state index < -0.39 is 0 Å². The molecule has 0 bridgehead atoms. The number of aryl methyl sites for hydroxylation is 2. The van der Waals surface area contributed by atoms with E-state index in [0.29, 0.717) is 0 Å². The molecule has 0 aromatic heterocycles. The number of allylic oxidation sites excluding steroid dienone is 7. The van der Waals surface area contributed by atoms with Gasteiger partial charge in [0, 0.05) is 57.3 Å². The zero-order valence-electron chi connectivity index (χ0n) is 38.3. The van der Waals surface area contributed by atoms with Gasteiger partial charge in [0.1, 0.15) is 0 Å². The third kappa shape index (κ3) is 7.79. The molecule has 3 aliphatic rings. The first-order valence-corrected chi connectivity index (χ1v) is 24.0. The number of hydrogen-bond donors (Lipinski definition) is 0. The molecule has 7 aromatic carbocycles. The van der Waals surface area contributed by atoms with Gasteiger partial charge in [0.05, 0.1) is 5.41 Å². The number of thioether (sulfide) groups is 1. The maximum Gasteiger partial charge on any atom is 0.209 e. The molecule has 0 fully saturated rings. The second-order valence-electron chi connectivity index (χ2n) is 19.1. The Hall–Kier alpha value is -6.16. The highest BCUT2D eigenvalue weighted by Gasteiger charge is 2.44. The highest BCUT2D eigenvalue weighted by Crippen LogP contribution is 2.49. The zero-order chi connectivity index (χ0) is 44.0. The summed E-state index contributed by atoms with van der Waals surface area (Å²) in [5.74, 6) is 0. The SMILES string of the molecule is Cc1ccc2c(c1)C(C)(C)C(=C/C=C1\CCC(/C=C/C3=[N+](CCc4cccc5ccccc45)c4ccc(C)cc4C3(C)C)=C1Sc1ccccc1)N2CCc1cccc2ccccc12. The number of hydrogen-bond acceptors (Lipinski definition) is 2. The van der Waals surface area contributed by atoms with Crippen molar-refractivity contribution in [3.63, 3.8) is 0 Å². The van der Waals surface area contributed by atoms with Gasteiger partial charge in [-0.1, -0.05) is 170 Å². The molecule has 64 heavy (non-hydrogen) atoms. The van der Waals surface area contributed by atoms with Crippen LogP contribution in [0.25, 0.3) is 21.5 Å². The summed E-state index contributed by atoms with van der Waals surface area (Å²) in [5.41, 5.74) is 16.2. The third-order valence-corrected chi connectivity index (χ3v) is 15.4. The lowest BCUT2D eigenvalue weighted by atomic mass is 9.80. The van der Waals surface area contributed by atoms with Crippen molar-refractivity contribution in [1.29, 1.82) is 0 Å². The molecule has 318 valence electrons. The molecule has 10 rings (SSSR count). The van der Waals surface area contributed by atoms with E-state index in [-0.39, 0.29) is 10.8 Å². The Labute approximate surface area is 385 Å². The first kappa shape index (κ1) is 41.8. The molecule has 2 heterocycles. The van der Waals surface area contributed by atoms with Crippen molar-refractivity contribution < 1.29 is 4.58 Å². The van der Waals surface area contributed by atoms with E-state index in [9.17, 15) is 0 Å². The van der Waals surface area contributed by atoms with Crippen molar-refractivity contribution in [2.75, 3.05) is 18.0 Å². The smallest absolute Gasteiger partial charge is 0.209 e. The first-order valence-electron chi connectivity index (χ1n) is 23.2. The van der Waals surface area contributed by atoms with E-state index in [4.69, 9.17) is 0 Å². The summed E-state index contributed by atoms with van der Waals surface area (Å²) >= 11 is 1.92. The highest BCUT2D eigenvalue weighted by atomic mass is 32.2. The Bertz CT molecular complexity index is 3090. The molecular weight excluding hydrogens is 793 g/mol. The third-order valence-electron chi connectivity index (χ3n) is 14.2. The average Bonchev–Trinajstić information content (AvgIpc) is 3.85. The van der Waals surface area contributed by atoms with E-state index in [0.717, 1.165) is 38.8 Å². The van der Waals surface area contributed by atoms with Gasteiger partial charge >= 0.3 is 0 Å². The number of rotatable bonds is 11. The van der Waals surface area contributed by atoms with Crippen LogP contribution in [-0.4, -0.2) is 23.4 Å². The Morgan fingerprint density at radius 2 is 1.22 bits per heavy atom. The Morgan fingerprint density at radius 3 is 1.94 bits per heavy atom. The van der Waals surface area contributed by atoms with Crippen LogP contribution in [0.2, 0.25) is 0 Å². The van der Waals surface area contributed by atoms with E-state index in [1.165, 1.54) is 98.7 Å². The van der Waals surface area contributed by atoms with Gasteiger partial charge in [-0.05, 0) is 127 Å². The monoisotopic (exact) mass is 851 g/mol. The van der Waals surface area contributed by atoms with Gasteiger partial charge in [0.15, 0.2) is 12.3 Å². The van der Waals surface area contributed by atoms with Gasteiger partial charge in [0.25, 0.3) is 0 Å². The Balaban J connectivity index is 1.03. The topological polar surface area (TPSA) is 6.25 Å². The van der Waals surface area contributed by atoms with Gasteiger partial charge in [-0.15, -0.1) is 0 Å². The molecule has 1 aliphatic carbocycles. The van der Waals surface area contributed by atoms with Crippen LogP contribution in [-0.2, 0) is 23.7 Å². The van der Waals surface area contributed by atoms with Crippen molar-refractivity contribution in [2.45, 2.75) is 83.0 Å². The lowest BCUT2D eigenvalue weighted by molar-refractivity contribution is -0.436. The van der Waals surface area contributed by atoms with E-state index in [1.54, 1.807) is 0 Å². The molecular formula is C61H59N2S+. The van der Waals surface area contributed by atoms with E-state index >= 15 is 0 Å². The zero-order valence-corrected chi connectivity index (χ0v) is 39.1. The van der Waals surface area contributed by atoms with Crippen LogP contribution in [0.3, 0.4) is 0 Å². The van der Waals surface area contributed by atoms with Crippen LogP contribution < -0.4 is 4.90 Å². The molecule has 0 N–H and O–H groups in total. The molecule has 0 spiro atoms. The van der Waals surface area contributed by atoms with Crippen molar-refractivity contribution >= 4 is 50.4 Å². The van der Waals surface area contributed by atoms with Gasteiger partial charge < -0.3 is 4.90 Å². The summed E-state index contributed by atoms with van der Waals surface area (Å²) in [7, 11) is 0. The lowest BCUT2D eigenvalue weighted by Gasteiger charge is -2.27. The molecule has 0 amide bonds. The normalized spacial score (nSPS) is 17.8. The fraction of sp³-hybridized carbons (Fsp3) is 0.230. The molecule has 0 unspecified atom stereocenters. The predicted molar refractivity (Wildman–Crippen MR) is 275 cm³/mol. The van der Waals surface area contributed by atoms with Gasteiger partial charge in [-0.3, -0.25) is 0 Å². The molecule has 0 radical (unpaired) electrons. The minimum Gasteiger partial charge on any atom is -0.344 e. The van der Waals surface area contributed by atoms with Crippen LogP contribution in [0.5, 0.6) is 0 Å². The maximum atomic E-state index is 2.61.